The predicted octanol–water partition coefficient (Wildman–Crippen LogP) is 3.71. The van der Waals surface area contributed by atoms with Crippen LogP contribution in [-0.4, -0.2) is 48.5 Å². The van der Waals surface area contributed by atoms with E-state index in [1.165, 1.54) is 0 Å². The second-order valence-electron chi connectivity index (χ2n) is 7.54. The van der Waals surface area contributed by atoms with E-state index < -0.39 is 11.6 Å². The van der Waals surface area contributed by atoms with Crippen LogP contribution in [0.15, 0.2) is 42.5 Å². The van der Waals surface area contributed by atoms with Crippen LogP contribution in [0.3, 0.4) is 0 Å². The summed E-state index contributed by atoms with van der Waals surface area (Å²) in [5.41, 5.74) is 2.11. The molecule has 1 fully saturated rings. The smallest absolute Gasteiger partial charge is 0.408 e. The SMILES string of the molecule is COc1ccc(COC(=O)NC2(CNc3nc(Cl)nc4ccc(C)cc34)COC2)cc1. The molecule has 9 heteroatoms. The molecule has 2 heterocycles. The quantitative estimate of drug-likeness (QED) is 0.538. The molecule has 0 radical (unpaired) electrons. The maximum absolute atomic E-state index is 12.4. The lowest BCUT2D eigenvalue weighted by Crippen LogP contribution is -2.65. The molecule has 31 heavy (non-hydrogen) atoms. The van der Waals surface area contributed by atoms with E-state index in [9.17, 15) is 4.79 Å². The maximum atomic E-state index is 12.4. The van der Waals surface area contributed by atoms with Gasteiger partial charge in [0.1, 0.15) is 23.7 Å². The number of methoxy groups -OCH3 is 1. The second kappa shape index (κ2) is 8.95. The topological polar surface area (TPSA) is 94.6 Å². The Morgan fingerprint density at radius 1 is 1.19 bits per heavy atom. The number of nitrogens with zero attached hydrogens (tertiary/aromatic N) is 2. The lowest BCUT2D eigenvalue weighted by Gasteiger charge is -2.41. The number of aryl methyl sites for hydroxylation is 1. The minimum absolute atomic E-state index is 0.157. The Labute approximate surface area is 184 Å². The zero-order valence-electron chi connectivity index (χ0n) is 17.3. The number of aromatic nitrogens is 2. The Hall–Kier alpha value is -3.10. The van der Waals surface area contributed by atoms with Crippen molar-refractivity contribution in [1.82, 2.24) is 15.3 Å². The molecule has 0 unspecified atom stereocenters. The molecule has 1 amide bonds. The molecule has 0 saturated carbocycles. The van der Waals surface area contributed by atoms with Crippen molar-refractivity contribution in [2.24, 2.45) is 0 Å². The van der Waals surface area contributed by atoms with Crippen LogP contribution < -0.4 is 15.4 Å². The highest BCUT2D eigenvalue weighted by molar-refractivity contribution is 6.28. The van der Waals surface area contributed by atoms with Crippen LogP contribution in [0.25, 0.3) is 10.9 Å². The normalized spacial score (nSPS) is 14.5. The summed E-state index contributed by atoms with van der Waals surface area (Å²) in [5, 5.41) is 7.23. The number of ether oxygens (including phenoxy) is 3. The molecular formula is C22H23ClN4O4. The fraction of sp³-hybridized carbons (Fsp3) is 0.318. The summed E-state index contributed by atoms with van der Waals surface area (Å²) in [7, 11) is 1.60. The van der Waals surface area contributed by atoms with Crippen molar-refractivity contribution >= 4 is 34.4 Å². The number of halogens is 1. The first-order valence-electron chi connectivity index (χ1n) is 9.80. The van der Waals surface area contributed by atoms with E-state index in [-0.39, 0.29) is 11.9 Å². The first-order valence-corrected chi connectivity index (χ1v) is 10.2. The van der Waals surface area contributed by atoms with E-state index in [0.29, 0.717) is 25.6 Å². The summed E-state index contributed by atoms with van der Waals surface area (Å²) in [4.78, 5) is 21.0. The van der Waals surface area contributed by atoms with Crippen molar-refractivity contribution in [2.75, 3.05) is 32.2 Å². The van der Waals surface area contributed by atoms with Gasteiger partial charge in [0.2, 0.25) is 5.28 Å². The van der Waals surface area contributed by atoms with Crippen LogP contribution in [0, 0.1) is 6.92 Å². The zero-order chi connectivity index (χ0) is 21.8. The number of amides is 1. The third kappa shape index (κ3) is 4.98. The van der Waals surface area contributed by atoms with Gasteiger partial charge in [-0.1, -0.05) is 23.8 Å². The molecule has 0 aliphatic carbocycles. The van der Waals surface area contributed by atoms with Crippen LogP contribution in [-0.2, 0) is 16.1 Å². The van der Waals surface area contributed by atoms with Gasteiger partial charge in [-0.3, -0.25) is 0 Å². The van der Waals surface area contributed by atoms with Gasteiger partial charge in [0, 0.05) is 11.9 Å². The largest absolute Gasteiger partial charge is 0.497 e. The van der Waals surface area contributed by atoms with Gasteiger partial charge in [-0.2, -0.15) is 0 Å². The van der Waals surface area contributed by atoms with Gasteiger partial charge >= 0.3 is 6.09 Å². The minimum Gasteiger partial charge on any atom is -0.497 e. The molecular weight excluding hydrogens is 420 g/mol. The van der Waals surface area contributed by atoms with E-state index in [4.69, 9.17) is 25.8 Å². The third-order valence-electron chi connectivity index (χ3n) is 5.07. The number of hydrogen-bond acceptors (Lipinski definition) is 7. The molecule has 1 aliphatic heterocycles. The first kappa shape index (κ1) is 21.1. The first-order chi connectivity index (χ1) is 15.0. The number of alkyl carbamates (subject to hydrolysis) is 1. The molecule has 1 saturated heterocycles. The summed E-state index contributed by atoms with van der Waals surface area (Å²) < 4.78 is 15.9. The third-order valence-corrected chi connectivity index (χ3v) is 5.24. The summed E-state index contributed by atoms with van der Waals surface area (Å²) in [6, 6.07) is 13.2. The van der Waals surface area contributed by atoms with Gasteiger partial charge in [-0.25, -0.2) is 14.8 Å². The molecule has 0 atom stereocenters. The van der Waals surface area contributed by atoms with Gasteiger partial charge in [-0.05, 0) is 48.4 Å². The highest BCUT2D eigenvalue weighted by atomic mass is 35.5. The van der Waals surface area contributed by atoms with Crippen molar-refractivity contribution in [3.63, 3.8) is 0 Å². The van der Waals surface area contributed by atoms with Crippen molar-refractivity contribution in [2.45, 2.75) is 19.1 Å². The van der Waals surface area contributed by atoms with E-state index in [1.54, 1.807) is 7.11 Å². The van der Waals surface area contributed by atoms with Gasteiger partial charge in [-0.15, -0.1) is 0 Å². The molecule has 0 bridgehead atoms. The Bertz CT molecular complexity index is 1090. The standard InChI is InChI=1S/C22H23ClN4O4/c1-14-3-8-18-17(9-14)19(26-20(23)25-18)24-11-22(12-30-13-22)27-21(28)31-10-15-4-6-16(29-2)7-5-15/h3-9H,10-13H2,1-2H3,(H,27,28)(H,24,25,26). The molecule has 4 rings (SSSR count). The van der Waals surface area contributed by atoms with Gasteiger partial charge in [0.15, 0.2) is 0 Å². The van der Waals surface area contributed by atoms with Crippen LogP contribution >= 0.6 is 11.6 Å². The van der Waals surface area contributed by atoms with Crippen LogP contribution in [0.2, 0.25) is 5.28 Å². The fourth-order valence-electron chi connectivity index (χ4n) is 3.29. The number of anilines is 1. The number of carbonyl (C=O) groups is 1. The number of fused-ring (bicyclic) bond motifs is 1. The van der Waals surface area contributed by atoms with Gasteiger partial charge in [0.05, 0.1) is 25.8 Å². The Morgan fingerprint density at radius 2 is 1.97 bits per heavy atom. The Balaban J connectivity index is 1.39. The summed E-state index contributed by atoms with van der Waals surface area (Å²) in [5.74, 6) is 1.36. The lowest BCUT2D eigenvalue weighted by molar-refractivity contribution is -0.0650. The molecule has 8 nitrogen and oxygen atoms in total. The highest BCUT2D eigenvalue weighted by Crippen LogP contribution is 2.25. The number of hydrogen-bond donors (Lipinski definition) is 2. The number of benzene rings is 2. The Morgan fingerprint density at radius 3 is 2.65 bits per heavy atom. The number of carbonyl (C=O) groups excluding carboxylic acids is 1. The molecule has 0 spiro atoms. The number of nitrogens with one attached hydrogen (secondary N) is 2. The molecule has 2 aromatic carbocycles. The fourth-order valence-corrected chi connectivity index (χ4v) is 3.47. The minimum atomic E-state index is -0.593. The zero-order valence-corrected chi connectivity index (χ0v) is 18.0. The average molecular weight is 443 g/mol. The van der Waals surface area contributed by atoms with Crippen molar-refractivity contribution < 1.29 is 19.0 Å². The van der Waals surface area contributed by atoms with Crippen molar-refractivity contribution in [1.29, 1.82) is 0 Å². The van der Waals surface area contributed by atoms with E-state index >= 15 is 0 Å². The van der Waals surface area contributed by atoms with Gasteiger partial charge < -0.3 is 24.8 Å². The molecule has 162 valence electrons. The highest BCUT2D eigenvalue weighted by Gasteiger charge is 2.40. The van der Waals surface area contributed by atoms with E-state index in [1.807, 2.05) is 49.4 Å². The number of rotatable bonds is 7. The molecule has 1 aromatic heterocycles. The van der Waals surface area contributed by atoms with Crippen LogP contribution in [0.5, 0.6) is 5.75 Å². The summed E-state index contributed by atoms with van der Waals surface area (Å²) >= 11 is 6.08. The maximum Gasteiger partial charge on any atom is 0.408 e. The van der Waals surface area contributed by atoms with Crippen LogP contribution in [0.1, 0.15) is 11.1 Å². The van der Waals surface area contributed by atoms with E-state index in [2.05, 4.69) is 20.6 Å². The molecule has 2 N–H and O–H groups in total. The average Bonchev–Trinajstić information content (AvgIpc) is 2.74. The second-order valence-corrected chi connectivity index (χ2v) is 7.88. The van der Waals surface area contributed by atoms with Crippen molar-refractivity contribution in [3.8, 4) is 5.75 Å². The molecule has 1 aliphatic rings. The van der Waals surface area contributed by atoms with Crippen LogP contribution in [0.4, 0.5) is 10.6 Å². The van der Waals surface area contributed by atoms with Gasteiger partial charge in [0.25, 0.3) is 0 Å². The predicted molar refractivity (Wildman–Crippen MR) is 118 cm³/mol. The summed E-state index contributed by atoms with van der Waals surface area (Å²) in [6.45, 7) is 3.30. The van der Waals surface area contributed by atoms with E-state index in [0.717, 1.165) is 27.8 Å². The Kier molecular flexibility index (Phi) is 6.11. The monoisotopic (exact) mass is 442 g/mol. The lowest BCUT2D eigenvalue weighted by atomic mass is 9.97. The molecule has 3 aromatic rings. The van der Waals surface area contributed by atoms with Crippen molar-refractivity contribution in [3.05, 3.63) is 58.9 Å². The summed E-state index contributed by atoms with van der Waals surface area (Å²) in [6.07, 6.45) is -0.512.